The van der Waals surface area contributed by atoms with Crippen LogP contribution in [0.3, 0.4) is 0 Å². The first-order chi connectivity index (χ1) is 10.2. The molecule has 1 amide bonds. The molecule has 0 radical (unpaired) electrons. The van der Waals surface area contributed by atoms with E-state index in [1.165, 1.54) is 12.8 Å². The van der Waals surface area contributed by atoms with E-state index in [9.17, 15) is 4.79 Å². The number of rotatable bonds is 4. The van der Waals surface area contributed by atoms with E-state index >= 15 is 0 Å². The van der Waals surface area contributed by atoms with Gasteiger partial charge in [0.05, 0.1) is 17.7 Å². The van der Waals surface area contributed by atoms with Gasteiger partial charge in [-0.2, -0.15) is 0 Å². The van der Waals surface area contributed by atoms with Crippen molar-refractivity contribution in [2.24, 2.45) is 0 Å². The Bertz CT molecular complexity index is 653. The van der Waals surface area contributed by atoms with Crippen molar-refractivity contribution in [2.45, 2.75) is 31.7 Å². The highest BCUT2D eigenvalue weighted by Gasteiger charge is 2.16. The third-order valence-electron chi connectivity index (χ3n) is 3.84. The number of halogens is 1. The summed E-state index contributed by atoms with van der Waals surface area (Å²) in [5.41, 5.74) is 1.77. The molecule has 3 rings (SSSR count). The highest BCUT2D eigenvalue weighted by molar-refractivity contribution is 9.10. The maximum atomic E-state index is 12.0. The highest BCUT2D eigenvalue weighted by Crippen LogP contribution is 2.23. The van der Waals surface area contributed by atoms with Crippen LogP contribution in [0, 0.1) is 0 Å². The number of hydrogen-bond donors (Lipinski definition) is 2. The van der Waals surface area contributed by atoms with Crippen LogP contribution in [0.15, 0.2) is 34.9 Å². The number of carbonyl (C=O) groups is 1. The van der Waals surface area contributed by atoms with Crippen molar-refractivity contribution in [2.75, 3.05) is 11.9 Å². The number of para-hydroxylation sites is 1. The van der Waals surface area contributed by atoms with Crippen molar-refractivity contribution in [3.63, 3.8) is 0 Å². The molecule has 1 aromatic heterocycles. The molecule has 1 aliphatic rings. The maximum absolute atomic E-state index is 12.0. The fraction of sp³-hybridized carbons (Fsp3) is 0.375. The van der Waals surface area contributed by atoms with Gasteiger partial charge in [-0.1, -0.05) is 25.0 Å². The Balaban J connectivity index is 1.66. The summed E-state index contributed by atoms with van der Waals surface area (Å²) in [5.74, 6) is 0.0519. The van der Waals surface area contributed by atoms with E-state index in [4.69, 9.17) is 0 Å². The zero-order valence-corrected chi connectivity index (χ0v) is 13.3. The van der Waals surface area contributed by atoms with Gasteiger partial charge >= 0.3 is 0 Å². The minimum atomic E-state index is 0.0519. The SMILES string of the molecule is O=C(CNc1cccc2cc(Br)cnc12)NC1CCCC1. The predicted octanol–water partition coefficient (Wildman–Crippen LogP) is 3.47. The van der Waals surface area contributed by atoms with Gasteiger partial charge < -0.3 is 10.6 Å². The molecule has 1 saturated carbocycles. The Morgan fingerprint density at radius 3 is 2.95 bits per heavy atom. The van der Waals surface area contributed by atoms with Gasteiger partial charge in [-0.25, -0.2) is 0 Å². The van der Waals surface area contributed by atoms with Gasteiger partial charge in [0.1, 0.15) is 0 Å². The van der Waals surface area contributed by atoms with Gasteiger partial charge in [-0.15, -0.1) is 0 Å². The van der Waals surface area contributed by atoms with Crippen molar-refractivity contribution in [3.05, 3.63) is 34.9 Å². The summed E-state index contributed by atoms with van der Waals surface area (Å²) in [6, 6.07) is 8.31. The summed E-state index contributed by atoms with van der Waals surface area (Å²) in [6.45, 7) is 0.285. The second-order valence-electron chi connectivity index (χ2n) is 5.43. The molecular formula is C16H18BrN3O. The van der Waals surface area contributed by atoms with Crippen LogP contribution in [0.4, 0.5) is 5.69 Å². The first-order valence-corrected chi connectivity index (χ1v) is 8.09. The van der Waals surface area contributed by atoms with Gasteiger partial charge in [0.2, 0.25) is 5.91 Å². The molecule has 1 aliphatic carbocycles. The first-order valence-electron chi connectivity index (χ1n) is 7.30. The third kappa shape index (κ3) is 3.53. The number of nitrogens with zero attached hydrogens (tertiary/aromatic N) is 1. The minimum absolute atomic E-state index is 0.0519. The Kier molecular flexibility index (Phi) is 4.39. The second-order valence-corrected chi connectivity index (χ2v) is 6.35. The standard InChI is InChI=1S/C16H18BrN3O/c17-12-8-11-4-3-7-14(16(11)19-9-12)18-10-15(21)20-13-5-1-2-6-13/h3-4,7-9,13,18H,1-2,5-6,10H2,(H,20,21). The molecule has 2 N–H and O–H groups in total. The normalized spacial score (nSPS) is 15.3. The van der Waals surface area contributed by atoms with Crippen LogP contribution in [-0.2, 0) is 4.79 Å². The van der Waals surface area contributed by atoms with Gasteiger partial charge in [0.25, 0.3) is 0 Å². The Labute approximate surface area is 132 Å². The monoisotopic (exact) mass is 347 g/mol. The van der Waals surface area contributed by atoms with Gasteiger partial charge in [-0.3, -0.25) is 9.78 Å². The van der Waals surface area contributed by atoms with Crippen LogP contribution in [-0.4, -0.2) is 23.5 Å². The first kappa shape index (κ1) is 14.3. The Hall–Kier alpha value is -1.62. The maximum Gasteiger partial charge on any atom is 0.239 e. The van der Waals surface area contributed by atoms with Crippen LogP contribution >= 0.6 is 15.9 Å². The highest BCUT2D eigenvalue weighted by atomic mass is 79.9. The Morgan fingerprint density at radius 2 is 2.14 bits per heavy atom. The van der Waals surface area contributed by atoms with Crippen LogP contribution in [0.1, 0.15) is 25.7 Å². The summed E-state index contributed by atoms with van der Waals surface area (Å²) in [4.78, 5) is 16.4. The van der Waals surface area contributed by atoms with Crippen LogP contribution in [0.25, 0.3) is 10.9 Å². The van der Waals surface area contributed by atoms with Crippen molar-refractivity contribution in [1.29, 1.82) is 0 Å². The number of benzene rings is 1. The number of anilines is 1. The summed E-state index contributed by atoms with van der Waals surface area (Å²) in [7, 11) is 0. The predicted molar refractivity (Wildman–Crippen MR) is 88.3 cm³/mol. The smallest absolute Gasteiger partial charge is 0.239 e. The molecule has 0 spiro atoms. The van der Waals surface area contributed by atoms with Crippen LogP contribution < -0.4 is 10.6 Å². The number of nitrogens with one attached hydrogen (secondary N) is 2. The summed E-state index contributed by atoms with van der Waals surface area (Å²) in [5, 5.41) is 7.31. The molecule has 21 heavy (non-hydrogen) atoms. The molecule has 0 aliphatic heterocycles. The average molecular weight is 348 g/mol. The van der Waals surface area contributed by atoms with E-state index in [-0.39, 0.29) is 12.5 Å². The Morgan fingerprint density at radius 1 is 1.33 bits per heavy atom. The number of pyridine rings is 1. The van der Waals surface area contributed by atoms with E-state index < -0.39 is 0 Å². The topological polar surface area (TPSA) is 54.0 Å². The second kappa shape index (κ2) is 6.43. The van der Waals surface area contributed by atoms with E-state index in [0.717, 1.165) is 33.9 Å². The molecule has 1 fully saturated rings. The summed E-state index contributed by atoms with van der Waals surface area (Å²) < 4.78 is 0.950. The molecule has 0 unspecified atom stereocenters. The van der Waals surface area contributed by atoms with Crippen molar-refractivity contribution >= 4 is 38.4 Å². The quantitative estimate of drug-likeness (QED) is 0.890. The molecule has 5 heteroatoms. The van der Waals surface area contributed by atoms with E-state index in [1.807, 2.05) is 24.3 Å². The van der Waals surface area contributed by atoms with Gasteiger partial charge in [0, 0.05) is 22.1 Å². The lowest BCUT2D eigenvalue weighted by Gasteiger charge is -2.13. The van der Waals surface area contributed by atoms with Crippen molar-refractivity contribution < 1.29 is 4.79 Å². The van der Waals surface area contributed by atoms with Gasteiger partial charge in [0.15, 0.2) is 0 Å². The minimum Gasteiger partial charge on any atom is -0.374 e. The molecule has 0 bridgehead atoms. The number of hydrogen-bond acceptors (Lipinski definition) is 3. The molecule has 1 aromatic carbocycles. The van der Waals surface area contributed by atoms with Crippen molar-refractivity contribution in [3.8, 4) is 0 Å². The van der Waals surface area contributed by atoms with Crippen molar-refractivity contribution in [1.82, 2.24) is 10.3 Å². The number of aromatic nitrogens is 1. The fourth-order valence-electron chi connectivity index (χ4n) is 2.80. The zero-order chi connectivity index (χ0) is 14.7. The zero-order valence-electron chi connectivity index (χ0n) is 11.7. The van der Waals surface area contributed by atoms with E-state index in [1.54, 1.807) is 6.20 Å². The van der Waals surface area contributed by atoms with Crippen LogP contribution in [0.2, 0.25) is 0 Å². The molecule has 1 heterocycles. The number of carbonyl (C=O) groups excluding carboxylic acids is 1. The molecule has 0 saturated heterocycles. The number of fused-ring (bicyclic) bond motifs is 1. The lowest BCUT2D eigenvalue weighted by atomic mass is 10.2. The molecule has 4 nitrogen and oxygen atoms in total. The largest absolute Gasteiger partial charge is 0.374 e. The fourth-order valence-corrected chi connectivity index (χ4v) is 3.15. The van der Waals surface area contributed by atoms with Crippen LogP contribution in [0.5, 0.6) is 0 Å². The third-order valence-corrected chi connectivity index (χ3v) is 4.27. The lowest BCUT2D eigenvalue weighted by molar-refractivity contribution is -0.120. The number of amides is 1. The molecule has 110 valence electrons. The molecule has 2 aromatic rings. The molecular weight excluding hydrogens is 330 g/mol. The average Bonchev–Trinajstić information content (AvgIpc) is 2.97. The summed E-state index contributed by atoms with van der Waals surface area (Å²) in [6.07, 6.45) is 6.43. The summed E-state index contributed by atoms with van der Waals surface area (Å²) >= 11 is 3.42. The van der Waals surface area contributed by atoms with Gasteiger partial charge in [-0.05, 0) is 40.9 Å². The van der Waals surface area contributed by atoms with E-state index in [2.05, 4.69) is 31.5 Å². The molecule has 0 atom stereocenters. The van der Waals surface area contributed by atoms with E-state index in [0.29, 0.717) is 6.04 Å². The lowest BCUT2D eigenvalue weighted by Crippen LogP contribution is -2.36.